The van der Waals surface area contributed by atoms with Crippen LogP contribution in [0.4, 0.5) is 0 Å². The van der Waals surface area contributed by atoms with E-state index in [2.05, 4.69) is 10.6 Å². The number of unbranched alkanes of at least 4 members (excludes halogenated alkanes) is 10. The molecule has 0 saturated carbocycles. The lowest BCUT2D eigenvalue weighted by molar-refractivity contribution is -0.145. The van der Waals surface area contributed by atoms with Crippen LogP contribution in [-0.2, 0) is 47.6 Å². The number of benzene rings is 2. The smallest absolute Gasteiger partial charge is 0.338 e. The first-order chi connectivity index (χ1) is 35.6. The van der Waals surface area contributed by atoms with E-state index in [1.807, 2.05) is 14.1 Å². The van der Waals surface area contributed by atoms with Gasteiger partial charge in [-0.1, -0.05) is 74.9 Å². The molecule has 0 aliphatic rings. The molecule has 420 valence electrons. The van der Waals surface area contributed by atoms with Crippen molar-refractivity contribution in [1.82, 2.24) is 10.6 Å². The second kappa shape index (κ2) is 51.6. The van der Waals surface area contributed by atoms with Gasteiger partial charge in [-0.25, -0.2) is 4.79 Å². The number of hydrogen-bond acceptors (Lipinski definition) is 16. The number of carbonyl (C=O) groups is 8. The summed E-state index contributed by atoms with van der Waals surface area (Å²) in [5.41, 5.74) is 2.28. The van der Waals surface area contributed by atoms with Crippen LogP contribution >= 0.6 is 0 Å². The van der Waals surface area contributed by atoms with Crippen LogP contribution in [0.3, 0.4) is 0 Å². The van der Waals surface area contributed by atoms with Gasteiger partial charge in [0.1, 0.15) is 30.6 Å². The molecule has 16 heteroatoms. The van der Waals surface area contributed by atoms with E-state index in [-0.39, 0.29) is 41.5 Å². The average Bonchev–Trinajstić information content (AvgIpc) is 3.38. The maximum atomic E-state index is 11.9. The quantitative estimate of drug-likeness (QED) is 0.0359. The Balaban J connectivity index is 0. The standard InChI is InChI=1S/C17H22O3.C15H29NO2.C14H18O5.C12H25NO4/c1-13(18)7-5-3-4-6-8-17(20)16-11-9-15(10-12-16)14(2)19;1-14(17)10-6-3-4-7-11-15(18)12-8-5-9-13-16-2;1-11(15)12-3-5-13(6-4-12)14(16)19-10-9-18-8-7-17-2;1-13-7-5-3-4-6-12(14)17-11-10-16-9-8-15-2/h9-12H,3-8H2,1-2H3;16H,3-13H2,1-2H3;3-6H,7-10H2,1-2H3;13H,3-11H2,1-2H3. The average molecular weight is 1040 g/mol. The predicted octanol–water partition coefficient (Wildman–Crippen LogP) is 9.95. The highest BCUT2D eigenvalue weighted by Crippen LogP contribution is 2.13. The number of Topliss-reactive ketones (excluding diaryl/α,β-unsaturated/α-hetero) is 6. The minimum atomic E-state index is -0.426. The second-order valence-electron chi connectivity index (χ2n) is 17.9. The molecule has 0 spiro atoms. The largest absolute Gasteiger partial charge is 0.463 e. The zero-order valence-corrected chi connectivity index (χ0v) is 46.5. The van der Waals surface area contributed by atoms with Crippen molar-refractivity contribution in [2.75, 3.05) is 94.3 Å². The summed E-state index contributed by atoms with van der Waals surface area (Å²) in [6.07, 6.45) is 18.1. The van der Waals surface area contributed by atoms with E-state index in [1.54, 1.807) is 76.6 Å². The Labute approximate surface area is 443 Å². The molecule has 0 aliphatic carbocycles. The van der Waals surface area contributed by atoms with E-state index < -0.39 is 5.97 Å². The van der Waals surface area contributed by atoms with Crippen LogP contribution in [0.15, 0.2) is 48.5 Å². The number of ketones is 6. The Morgan fingerprint density at radius 1 is 0.378 bits per heavy atom. The van der Waals surface area contributed by atoms with Gasteiger partial charge in [0.25, 0.3) is 0 Å². The van der Waals surface area contributed by atoms with E-state index in [1.165, 1.54) is 13.8 Å². The van der Waals surface area contributed by atoms with Crippen LogP contribution in [0, 0.1) is 0 Å². The van der Waals surface area contributed by atoms with Gasteiger partial charge in [0, 0.05) is 69.4 Å². The van der Waals surface area contributed by atoms with E-state index in [0.29, 0.717) is 100.0 Å². The van der Waals surface area contributed by atoms with Gasteiger partial charge in [0.2, 0.25) is 0 Å². The Bertz CT molecular complexity index is 1780. The second-order valence-corrected chi connectivity index (χ2v) is 17.9. The van der Waals surface area contributed by atoms with Crippen molar-refractivity contribution < 1.29 is 66.8 Å². The maximum Gasteiger partial charge on any atom is 0.338 e. The molecule has 0 atom stereocenters. The molecule has 0 radical (unpaired) electrons. The molecule has 0 unspecified atom stereocenters. The first-order valence-corrected chi connectivity index (χ1v) is 26.6. The normalized spacial score (nSPS) is 10.4. The topological polar surface area (TPSA) is 216 Å². The highest BCUT2D eigenvalue weighted by atomic mass is 16.6. The molecule has 0 bridgehead atoms. The minimum absolute atomic E-state index is 0.00877. The SMILES string of the molecule is CC(=O)CCCCCCC(=O)c1ccc(C(C)=O)cc1.CNCCCCCC(=O)CCCCCCC(C)=O.CNCCCCCC(=O)OCCOCCOC.COCCOCCOC(=O)c1ccc(C(C)=O)cc1. The number of hydrogen-bond donors (Lipinski definition) is 2. The molecular formula is C58H94N2O14. The first-order valence-electron chi connectivity index (χ1n) is 26.6. The van der Waals surface area contributed by atoms with E-state index in [0.717, 1.165) is 116 Å². The third-order valence-corrected chi connectivity index (χ3v) is 11.1. The fourth-order valence-corrected chi connectivity index (χ4v) is 6.66. The number of ether oxygens (including phenoxy) is 6. The summed E-state index contributed by atoms with van der Waals surface area (Å²) in [5, 5.41) is 6.18. The molecule has 2 aromatic carbocycles. The van der Waals surface area contributed by atoms with Crippen molar-refractivity contribution in [1.29, 1.82) is 0 Å². The van der Waals surface area contributed by atoms with Gasteiger partial charge < -0.3 is 48.6 Å². The van der Waals surface area contributed by atoms with Crippen molar-refractivity contribution >= 4 is 46.6 Å². The lowest BCUT2D eigenvalue weighted by atomic mass is 10.0. The van der Waals surface area contributed by atoms with Gasteiger partial charge in [0.05, 0.1) is 45.2 Å². The molecular weight excluding hydrogens is 949 g/mol. The molecule has 0 heterocycles. The van der Waals surface area contributed by atoms with Crippen LogP contribution in [0.5, 0.6) is 0 Å². The summed E-state index contributed by atoms with van der Waals surface area (Å²) in [5.74, 6) is 0.438. The number of methoxy groups -OCH3 is 2. The van der Waals surface area contributed by atoms with Gasteiger partial charge in [0.15, 0.2) is 17.3 Å². The Morgan fingerprint density at radius 2 is 0.730 bits per heavy atom. The van der Waals surface area contributed by atoms with E-state index in [4.69, 9.17) is 28.4 Å². The van der Waals surface area contributed by atoms with Crippen LogP contribution in [0.25, 0.3) is 0 Å². The fourth-order valence-electron chi connectivity index (χ4n) is 6.66. The molecule has 0 amide bonds. The van der Waals surface area contributed by atoms with E-state index >= 15 is 0 Å². The number of esters is 2. The van der Waals surface area contributed by atoms with Gasteiger partial charge in [-0.2, -0.15) is 0 Å². The van der Waals surface area contributed by atoms with E-state index in [9.17, 15) is 38.4 Å². The monoisotopic (exact) mass is 1040 g/mol. The summed E-state index contributed by atoms with van der Waals surface area (Å²) in [4.78, 5) is 90.1. The number of rotatable bonds is 42. The molecule has 0 fully saturated rings. The van der Waals surface area contributed by atoms with Crippen molar-refractivity contribution in [2.45, 2.75) is 156 Å². The number of nitrogens with one attached hydrogen (secondary N) is 2. The highest BCUT2D eigenvalue weighted by molar-refractivity contribution is 5.99. The van der Waals surface area contributed by atoms with Crippen LogP contribution < -0.4 is 10.6 Å². The maximum absolute atomic E-state index is 11.9. The summed E-state index contributed by atoms with van der Waals surface area (Å²) < 4.78 is 30.0. The molecule has 0 saturated heterocycles. The summed E-state index contributed by atoms with van der Waals surface area (Å²) in [7, 11) is 7.10. The van der Waals surface area contributed by atoms with Gasteiger partial charge in [-0.05, 0) is 118 Å². The third kappa shape index (κ3) is 46.9. The van der Waals surface area contributed by atoms with Crippen LogP contribution in [0.2, 0.25) is 0 Å². The summed E-state index contributed by atoms with van der Waals surface area (Å²) in [6.45, 7) is 11.7. The number of carbonyl (C=O) groups excluding carboxylic acids is 8. The molecule has 0 aromatic heterocycles. The van der Waals surface area contributed by atoms with Crippen LogP contribution in [-0.4, -0.2) is 141 Å². The molecule has 74 heavy (non-hydrogen) atoms. The zero-order chi connectivity index (χ0) is 55.5. The summed E-state index contributed by atoms with van der Waals surface area (Å²) >= 11 is 0. The highest BCUT2D eigenvalue weighted by Gasteiger charge is 2.09. The lowest BCUT2D eigenvalue weighted by Gasteiger charge is -2.06. The van der Waals surface area contributed by atoms with Crippen LogP contribution in [0.1, 0.15) is 198 Å². The van der Waals surface area contributed by atoms with Gasteiger partial charge >= 0.3 is 11.9 Å². The molecule has 2 rings (SSSR count). The Kier molecular flexibility index (Phi) is 49.7. The molecule has 2 N–H and O–H groups in total. The Hall–Kier alpha value is -4.84. The van der Waals surface area contributed by atoms with Crippen molar-refractivity contribution in [3.05, 3.63) is 70.8 Å². The summed E-state index contributed by atoms with van der Waals surface area (Å²) in [6, 6.07) is 13.2. The zero-order valence-electron chi connectivity index (χ0n) is 46.5. The Morgan fingerprint density at radius 3 is 1.14 bits per heavy atom. The minimum Gasteiger partial charge on any atom is -0.463 e. The van der Waals surface area contributed by atoms with Gasteiger partial charge in [-0.3, -0.25) is 24.0 Å². The predicted molar refractivity (Wildman–Crippen MR) is 290 cm³/mol. The fraction of sp³-hybridized carbons (Fsp3) is 0.655. The van der Waals surface area contributed by atoms with Crippen molar-refractivity contribution in [3.8, 4) is 0 Å². The first kappa shape index (κ1) is 71.2. The molecule has 16 nitrogen and oxygen atoms in total. The third-order valence-electron chi connectivity index (χ3n) is 11.1. The lowest BCUT2D eigenvalue weighted by Crippen LogP contribution is -2.12. The van der Waals surface area contributed by atoms with Crippen molar-refractivity contribution in [3.63, 3.8) is 0 Å². The molecule has 2 aromatic rings. The molecule has 0 aliphatic heterocycles. The van der Waals surface area contributed by atoms with Crippen molar-refractivity contribution in [2.24, 2.45) is 0 Å². The van der Waals surface area contributed by atoms with Gasteiger partial charge in [-0.15, -0.1) is 0 Å².